The van der Waals surface area contributed by atoms with Crippen LogP contribution in [0.1, 0.15) is 28.4 Å². The fraction of sp³-hybridized carbons (Fsp3) is 0.250. The Morgan fingerprint density at radius 3 is 2.73 bits per heavy atom. The molecule has 6 heteroatoms. The van der Waals surface area contributed by atoms with E-state index < -0.39 is 0 Å². The summed E-state index contributed by atoms with van der Waals surface area (Å²) in [5.41, 5.74) is 2.23. The number of carbonyl (C=O) groups excluding carboxylic acids is 1. The van der Waals surface area contributed by atoms with Crippen molar-refractivity contribution in [3.63, 3.8) is 0 Å². The summed E-state index contributed by atoms with van der Waals surface area (Å²) < 4.78 is 5.03. The SMILES string of the molecule is CCOC(=O)c1ccnc(NCc2ccc(Cl)c(Cl)c2)c1C. The van der Waals surface area contributed by atoms with Crippen molar-refractivity contribution in [2.24, 2.45) is 0 Å². The Morgan fingerprint density at radius 1 is 1.27 bits per heavy atom. The van der Waals surface area contributed by atoms with Gasteiger partial charge in [-0.3, -0.25) is 0 Å². The Morgan fingerprint density at radius 2 is 2.05 bits per heavy atom. The summed E-state index contributed by atoms with van der Waals surface area (Å²) in [4.78, 5) is 16.1. The van der Waals surface area contributed by atoms with Gasteiger partial charge in [0.25, 0.3) is 0 Å². The van der Waals surface area contributed by atoms with Gasteiger partial charge in [-0.2, -0.15) is 0 Å². The van der Waals surface area contributed by atoms with Crippen LogP contribution in [0.3, 0.4) is 0 Å². The fourth-order valence-electron chi connectivity index (χ4n) is 1.98. The number of rotatable bonds is 5. The highest BCUT2D eigenvalue weighted by molar-refractivity contribution is 6.42. The van der Waals surface area contributed by atoms with E-state index in [-0.39, 0.29) is 5.97 Å². The van der Waals surface area contributed by atoms with E-state index in [4.69, 9.17) is 27.9 Å². The average molecular weight is 339 g/mol. The van der Waals surface area contributed by atoms with E-state index in [9.17, 15) is 4.79 Å². The van der Waals surface area contributed by atoms with Gasteiger partial charge in [-0.15, -0.1) is 0 Å². The molecule has 1 aromatic carbocycles. The summed E-state index contributed by atoms with van der Waals surface area (Å²) in [5, 5.41) is 4.22. The van der Waals surface area contributed by atoms with Crippen LogP contribution in [0.15, 0.2) is 30.5 Å². The second-order valence-corrected chi connectivity index (χ2v) is 5.47. The molecule has 1 aromatic heterocycles. The first kappa shape index (κ1) is 16.6. The van der Waals surface area contributed by atoms with Crippen LogP contribution in [0.4, 0.5) is 5.82 Å². The molecule has 1 N–H and O–H groups in total. The van der Waals surface area contributed by atoms with Gasteiger partial charge < -0.3 is 10.1 Å². The van der Waals surface area contributed by atoms with Crippen LogP contribution in [0.2, 0.25) is 10.0 Å². The quantitative estimate of drug-likeness (QED) is 0.816. The molecule has 0 radical (unpaired) electrons. The number of ether oxygens (including phenoxy) is 1. The normalized spacial score (nSPS) is 10.4. The maximum absolute atomic E-state index is 11.9. The predicted octanol–water partition coefficient (Wildman–Crippen LogP) is 4.49. The molecule has 0 atom stereocenters. The number of hydrogen-bond donors (Lipinski definition) is 1. The van der Waals surface area contributed by atoms with Crippen LogP contribution < -0.4 is 5.32 Å². The second-order valence-electron chi connectivity index (χ2n) is 4.65. The molecule has 0 saturated carbocycles. The number of aromatic nitrogens is 1. The molecular formula is C16H16Cl2N2O2. The smallest absolute Gasteiger partial charge is 0.338 e. The predicted molar refractivity (Wildman–Crippen MR) is 88.7 cm³/mol. The van der Waals surface area contributed by atoms with E-state index in [0.717, 1.165) is 11.1 Å². The molecule has 0 spiro atoms. The molecular weight excluding hydrogens is 323 g/mol. The fourth-order valence-corrected chi connectivity index (χ4v) is 2.30. The van der Waals surface area contributed by atoms with E-state index in [0.29, 0.717) is 34.6 Å². The van der Waals surface area contributed by atoms with Crippen LogP contribution >= 0.6 is 23.2 Å². The Bertz CT molecular complexity index is 690. The monoisotopic (exact) mass is 338 g/mol. The zero-order valence-electron chi connectivity index (χ0n) is 12.3. The molecule has 0 saturated heterocycles. The van der Waals surface area contributed by atoms with Gasteiger partial charge in [0.15, 0.2) is 0 Å². The highest BCUT2D eigenvalue weighted by Crippen LogP contribution is 2.23. The van der Waals surface area contributed by atoms with Crippen molar-refractivity contribution in [1.29, 1.82) is 0 Å². The molecule has 0 aliphatic rings. The van der Waals surface area contributed by atoms with E-state index in [1.165, 1.54) is 0 Å². The molecule has 0 fully saturated rings. The first-order valence-corrected chi connectivity index (χ1v) is 7.59. The molecule has 22 heavy (non-hydrogen) atoms. The van der Waals surface area contributed by atoms with Crippen LogP contribution in [0.5, 0.6) is 0 Å². The Hall–Kier alpha value is -1.78. The Kier molecular flexibility index (Phi) is 5.63. The Balaban J connectivity index is 2.14. The number of carbonyl (C=O) groups is 1. The second kappa shape index (κ2) is 7.47. The van der Waals surface area contributed by atoms with Crippen molar-refractivity contribution < 1.29 is 9.53 Å². The lowest BCUT2D eigenvalue weighted by atomic mass is 10.1. The molecule has 0 unspecified atom stereocenters. The van der Waals surface area contributed by atoms with Gasteiger partial charge in [0, 0.05) is 18.3 Å². The van der Waals surface area contributed by atoms with Crippen molar-refractivity contribution in [3.05, 3.63) is 57.2 Å². The Labute approximate surface area is 139 Å². The first-order chi connectivity index (χ1) is 10.5. The van der Waals surface area contributed by atoms with Crippen molar-refractivity contribution in [2.45, 2.75) is 20.4 Å². The molecule has 0 aliphatic carbocycles. The largest absolute Gasteiger partial charge is 0.462 e. The minimum absolute atomic E-state index is 0.340. The van der Waals surface area contributed by atoms with Crippen LogP contribution in [0.25, 0.3) is 0 Å². The first-order valence-electron chi connectivity index (χ1n) is 6.83. The van der Waals surface area contributed by atoms with Crippen LogP contribution in [0, 0.1) is 6.92 Å². The molecule has 0 aliphatic heterocycles. The van der Waals surface area contributed by atoms with E-state index in [1.807, 2.05) is 13.0 Å². The maximum atomic E-state index is 11.9. The topological polar surface area (TPSA) is 51.2 Å². The molecule has 4 nitrogen and oxygen atoms in total. The minimum atomic E-state index is -0.347. The standard InChI is InChI=1S/C16H16Cl2N2O2/c1-3-22-16(21)12-6-7-19-15(10(12)2)20-9-11-4-5-13(17)14(18)8-11/h4-8H,3,9H2,1-2H3,(H,19,20). The lowest BCUT2D eigenvalue weighted by Crippen LogP contribution is -2.10. The van der Waals surface area contributed by atoms with Crippen molar-refractivity contribution in [3.8, 4) is 0 Å². The third-order valence-electron chi connectivity index (χ3n) is 3.14. The van der Waals surface area contributed by atoms with Gasteiger partial charge in [-0.05, 0) is 37.6 Å². The lowest BCUT2D eigenvalue weighted by molar-refractivity contribution is 0.0525. The van der Waals surface area contributed by atoms with Gasteiger partial charge in [0.2, 0.25) is 0 Å². The number of benzene rings is 1. The highest BCUT2D eigenvalue weighted by Gasteiger charge is 2.13. The zero-order chi connectivity index (χ0) is 16.1. The van der Waals surface area contributed by atoms with Gasteiger partial charge in [0.1, 0.15) is 5.82 Å². The summed E-state index contributed by atoms with van der Waals surface area (Å²) in [6, 6.07) is 7.07. The summed E-state index contributed by atoms with van der Waals surface area (Å²) >= 11 is 11.9. The van der Waals surface area contributed by atoms with Gasteiger partial charge >= 0.3 is 5.97 Å². The lowest BCUT2D eigenvalue weighted by Gasteiger charge is -2.12. The molecule has 0 amide bonds. The third kappa shape index (κ3) is 3.90. The molecule has 0 bridgehead atoms. The molecule has 2 aromatic rings. The van der Waals surface area contributed by atoms with E-state index in [1.54, 1.807) is 31.3 Å². The van der Waals surface area contributed by atoms with E-state index in [2.05, 4.69) is 10.3 Å². The number of nitrogens with zero attached hydrogens (tertiary/aromatic N) is 1. The van der Waals surface area contributed by atoms with Crippen LogP contribution in [-0.4, -0.2) is 17.6 Å². The molecule has 2 rings (SSSR count). The molecule has 116 valence electrons. The number of esters is 1. The summed E-state index contributed by atoms with van der Waals surface area (Å²) in [5.74, 6) is 0.289. The molecule has 1 heterocycles. The average Bonchev–Trinajstić information content (AvgIpc) is 2.50. The van der Waals surface area contributed by atoms with Gasteiger partial charge in [-0.1, -0.05) is 29.3 Å². The minimum Gasteiger partial charge on any atom is -0.462 e. The number of nitrogens with one attached hydrogen (secondary N) is 1. The zero-order valence-corrected chi connectivity index (χ0v) is 13.8. The summed E-state index contributed by atoms with van der Waals surface area (Å²) in [6.45, 7) is 4.47. The maximum Gasteiger partial charge on any atom is 0.338 e. The number of anilines is 1. The van der Waals surface area contributed by atoms with Crippen molar-refractivity contribution in [1.82, 2.24) is 4.98 Å². The van der Waals surface area contributed by atoms with E-state index >= 15 is 0 Å². The van der Waals surface area contributed by atoms with Crippen molar-refractivity contribution >= 4 is 35.0 Å². The van der Waals surface area contributed by atoms with Gasteiger partial charge in [-0.25, -0.2) is 9.78 Å². The third-order valence-corrected chi connectivity index (χ3v) is 3.88. The van der Waals surface area contributed by atoms with Crippen LogP contribution in [-0.2, 0) is 11.3 Å². The number of halogens is 2. The van der Waals surface area contributed by atoms with Crippen molar-refractivity contribution in [2.75, 3.05) is 11.9 Å². The summed E-state index contributed by atoms with van der Waals surface area (Å²) in [7, 11) is 0. The van der Waals surface area contributed by atoms with Gasteiger partial charge in [0.05, 0.1) is 22.2 Å². The summed E-state index contributed by atoms with van der Waals surface area (Å²) in [6.07, 6.45) is 1.58. The number of hydrogen-bond acceptors (Lipinski definition) is 4. The number of pyridine rings is 1. The highest BCUT2D eigenvalue weighted by atomic mass is 35.5.